The van der Waals surface area contributed by atoms with E-state index in [4.69, 9.17) is 4.74 Å². The van der Waals surface area contributed by atoms with Crippen LogP contribution in [-0.2, 0) is 5.41 Å². The number of nitrogens with zero attached hydrogens (tertiary/aromatic N) is 1. The highest BCUT2D eigenvalue weighted by Crippen LogP contribution is 2.62. The van der Waals surface area contributed by atoms with Gasteiger partial charge in [0.1, 0.15) is 11.5 Å². The van der Waals surface area contributed by atoms with Crippen molar-refractivity contribution in [2.75, 3.05) is 4.90 Å². The predicted octanol–water partition coefficient (Wildman–Crippen LogP) is 13.7. The fourth-order valence-corrected chi connectivity index (χ4v) is 9.92. The Balaban J connectivity index is 1.05. The minimum atomic E-state index is -0.456. The fourth-order valence-electron chi connectivity index (χ4n) is 8.79. The molecule has 52 heavy (non-hydrogen) atoms. The lowest BCUT2D eigenvalue weighted by molar-refractivity contribution is 0.436. The molecular formula is C49H31NOS. The van der Waals surface area contributed by atoms with Crippen molar-refractivity contribution in [1.82, 2.24) is 0 Å². The van der Waals surface area contributed by atoms with Crippen LogP contribution in [0.1, 0.15) is 22.3 Å². The van der Waals surface area contributed by atoms with Gasteiger partial charge in [-0.25, -0.2) is 0 Å². The maximum Gasteiger partial charge on any atom is 0.132 e. The van der Waals surface area contributed by atoms with E-state index in [1.54, 1.807) is 0 Å². The molecule has 2 heterocycles. The molecule has 3 heteroatoms. The van der Waals surface area contributed by atoms with E-state index in [9.17, 15) is 0 Å². The van der Waals surface area contributed by atoms with Gasteiger partial charge >= 0.3 is 0 Å². The Bertz CT molecular complexity index is 2790. The number of hydrogen-bond donors (Lipinski definition) is 0. The van der Waals surface area contributed by atoms with Crippen molar-refractivity contribution in [1.29, 1.82) is 0 Å². The normalized spacial score (nSPS) is 13.3. The highest BCUT2D eigenvalue weighted by molar-refractivity contribution is 7.26. The number of benzene rings is 8. The van der Waals surface area contributed by atoms with Gasteiger partial charge in [0.2, 0.25) is 0 Å². The van der Waals surface area contributed by atoms with Crippen LogP contribution in [0.4, 0.5) is 17.1 Å². The average molecular weight is 682 g/mol. The van der Waals surface area contributed by atoms with Crippen molar-refractivity contribution >= 4 is 48.6 Å². The average Bonchev–Trinajstić information content (AvgIpc) is 3.73. The summed E-state index contributed by atoms with van der Waals surface area (Å²) in [6.45, 7) is 0. The molecule has 2 nitrogen and oxygen atoms in total. The Labute approximate surface area is 306 Å². The van der Waals surface area contributed by atoms with Crippen molar-refractivity contribution in [2.24, 2.45) is 0 Å². The van der Waals surface area contributed by atoms with Gasteiger partial charge < -0.3 is 9.64 Å². The van der Waals surface area contributed by atoms with Crippen LogP contribution in [0.3, 0.4) is 0 Å². The smallest absolute Gasteiger partial charge is 0.132 e. The van der Waals surface area contributed by atoms with Crippen LogP contribution < -0.4 is 9.64 Å². The molecule has 0 radical (unpaired) electrons. The lowest BCUT2D eigenvalue weighted by atomic mass is 9.66. The van der Waals surface area contributed by atoms with Gasteiger partial charge in [0.25, 0.3) is 0 Å². The first-order valence-corrected chi connectivity index (χ1v) is 18.6. The summed E-state index contributed by atoms with van der Waals surface area (Å²) in [5.41, 5.74) is 12.8. The Morgan fingerprint density at radius 1 is 0.423 bits per heavy atom. The number of hydrogen-bond acceptors (Lipinski definition) is 3. The zero-order valence-electron chi connectivity index (χ0n) is 28.2. The van der Waals surface area contributed by atoms with Crippen molar-refractivity contribution in [3.05, 3.63) is 210 Å². The summed E-state index contributed by atoms with van der Waals surface area (Å²) in [6.07, 6.45) is 0. The third-order valence-electron chi connectivity index (χ3n) is 10.9. The Morgan fingerprint density at radius 3 is 1.81 bits per heavy atom. The van der Waals surface area contributed by atoms with E-state index >= 15 is 0 Å². The number of rotatable bonds is 4. The molecule has 0 amide bonds. The lowest BCUT2D eigenvalue weighted by Gasteiger charge is -2.39. The Kier molecular flexibility index (Phi) is 6.37. The van der Waals surface area contributed by atoms with Crippen LogP contribution in [0, 0.1) is 0 Å². The van der Waals surface area contributed by atoms with E-state index in [1.807, 2.05) is 11.3 Å². The van der Waals surface area contributed by atoms with E-state index in [-0.39, 0.29) is 0 Å². The van der Waals surface area contributed by atoms with Gasteiger partial charge in [0, 0.05) is 42.7 Å². The Morgan fingerprint density at radius 2 is 1.02 bits per heavy atom. The number of fused-ring (bicyclic) bond motifs is 12. The monoisotopic (exact) mass is 681 g/mol. The SMILES string of the molecule is c1ccc(N(c2ccc(-c3ccc4c(c3)Oc3ccccc3C43c4ccccc4-c4ccccc43)cc2)c2cccc3sc4ccccc4c23)cc1. The first-order chi connectivity index (χ1) is 25.8. The zero-order valence-corrected chi connectivity index (χ0v) is 29.0. The summed E-state index contributed by atoms with van der Waals surface area (Å²) in [5.74, 6) is 1.80. The van der Waals surface area contributed by atoms with Crippen LogP contribution in [0.2, 0.25) is 0 Å². The predicted molar refractivity (Wildman–Crippen MR) is 217 cm³/mol. The highest BCUT2D eigenvalue weighted by Gasteiger charge is 2.50. The molecular weight excluding hydrogens is 651 g/mol. The summed E-state index contributed by atoms with van der Waals surface area (Å²) >= 11 is 1.85. The topological polar surface area (TPSA) is 12.5 Å². The first kappa shape index (κ1) is 29.3. The second-order valence-corrected chi connectivity index (χ2v) is 14.7. The fraction of sp³-hybridized carbons (Fsp3) is 0.0204. The second-order valence-electron chi connectivity index (χ2n) is 13.6. The maximum atomic E-state index is 6.80. The third-order valence-corrected chi connectivity index (χ3v) is 12.1. The molecule has 0 unspecified atom stereocenters. The summed E-state index contributed by atoms with van der Waals surface area (Å²) in [6, 6.07) is 68.1. The molecule has 8 aromatic carbocycles. The molecule has 1 aliphatic heterocycles. The van der Waals surface area contributed by atoms with Crippen molar-refractivity contribution in [3.63, 3.8) is 0 Å². The van der Waals surface area contributed by atoms with Gasteiger partial charge in [-0.2, -0.15) is 0 Å². The summed E-state index contributed by atoms with van der Waals surface area (Å²) in [4.78, 5) is 2.39. The third kappa shape index (κ3) is 4.11. The van der Waals surface area contributed by atoms with E-state index in [1.165, 1.54) is 59.2 Å². The van der Waals surface area contributed by atoms with E-state index in [0.717, 1.165) is 34.0 Å². The minimum Gasteiger partial charge on any atom is -0.457 e. The molecule has 0 saturated heterocycles. The molecule has 1 aromatic heterocycles. The number of para-hydroxylation sites is 2. The van der Waals surface area contributed by atoms with Crippen molar-refractivity contribution in [2.45, 2.75) is 5.41 Å². The van der Waals surface area contributed by atoms with Crippen LogP contribution >= 0.6 is 11.3 Å². The number of anilines is 3. The minimum absolute atomic E-state index is 0.456. The van der Waals surface area contributed by atoms with Gasteiger partial charge in [-0.05, 0) is 88.0 Å². The summed E-state index contributed by atoms with van der Waals surface area (Å²) in [5, 5.41) is 2.57. The van der Waals surface area contributed by atoms with Crippen molar-refractivity contribution < 1.29 is 4.74 Å². The molecule has 0 fully saturated rings. The zero-order chi connectivity index (χ0) is 34.2. The van der Waals surface area contributed by atoms with Gasteiger partial charge in [-0.15, -0.1) is 11.3 Å². The highest BCUT2D eigenvalue weighted by atomic mass is 32.1. The van der Waals surface area contributed by atoms with E-state index in [0.29, 0.717) is 0 Å². The van der Waals surface area contributed by atoms with Crippen LogP contribution in [0.15, 0.2) is 188 Å². The van der Waals surface area contributed by atoms with E-state index < -0.39 is 5.41 Å². The summed E-state index contributed by atoms with van der Waals surface area (Å²) < 4.78 is 9.39. The molecule has 0 N–H and O–H groups in total. The molecule has 0 atom stereocenters. The molecule has 244 valence electrons. The molecule has 9 aromatic rings. The molecule has 0 bridgehead atoms. The van der Waals surface area contributed by atoms with Crippen molar-refractivity contribution in [3.8, 4) is 33.8 Å². The maximum absolute atomic E-state index is 6.80. The quantitative estimate of drug-likeness (QED) is 0.183. The van der Waals surface area contributed by atoms with Crippen LogP contribution in [-0.4, -0.2) is 0 Å². The van der Waals surface area contributed by atoms with Gasteiger partial charge in [0.15, 0.2) is 0 Å². The molecule has 0 saturated carbocycles. The largest absolute Gasteiger partial charge is 0.457 e. The van der Waals surface area contributed by atoms with Crippen LogP contribution in [0.25, 0.3) is 42.4 Å². The van der Waals surface area contributed by atoms with Gasteiger partial charge in [-0.1, -0.05) is 133 Å². The van der Waals surface area contributed by atoms with Gasteiger partial charge in [-0.3, -0.25) is 0 Å². The molecule has 1 spiro atoms. The van der Waals surface area contributed by atoms with E-state index in [2.05, 4.69) is 193 Å². The molecule has 2 aliphatic rings. The molecule has 1 aliphatic carbocycles. The molecule has 11 rings (SSSR count). The Hall–Kier alpha value is -6.42. The van der Waals surface area contributed by atoms with Gasteiger partial charge in [0.05, 0.1) is 11.1 Å². The second kappa shape index (κ2) is 11.3. The first-order valence-electron chi connectivity index (χ1n) is 17.8. The standard InChI is InChI=1S/C49H31NOS/c1-2-13-34(14-3-1)50(43-21-12-24-47-48(43)38-17-6-11-23-46(38)52-47)35-28-25-32(26-29-35)33-27-30-42-45(31-33)51-44-22-10-9-20-41(44)49(42)39-18-7-4-15-36(39)37-16-5-8-19-40(37)49/h1-31H. The number of thiophene rings is 1. The van der Waals surface area contributed by atoms with Crippen LogP contribution in [0.5, 0.6) is 11.5 Å². The number of ether oxygens (including phenoxy) is 1. The summed E-state index contributed by atoms with van der Waals surface area (Å²) in [7, 11) is 0. The lowest BCUT2D eigenvalue weighted by Crippen LogP contribution is -2.32.